The van der Waals surface area contributed by atoms with Crippen LogP contribution in [-0.4, -0.2) is 24.3 Å². The van der Waals surface area contributed by atoms with E-state index in [0.717, 1.165) is 5.56 Å². The minimum atomic E-state index is -4.13. The molecule has 0 spiro atoms. The highest BCUT2D eigenvalue weighted by atomic mass is 35.5. The number of hydrogen-bond acceptors (Lipinski definition) is 7. The van der Waals surface area contributed by atoms with Gasteiger partial charge < -0.3 is 9.95 Å². The third-order valence-corrected chi connectivity index (χ3v) is 7.63. The molecule has 5 rings (SSSR count). The number of sulfonamides is 1. The van der Waals surface area contributed by atoms with Crippen molar-refractivity contribution in [3.63, 3.8) is 0 Å². The number of hydrogen-bond donors (Lipinski definition) is 2. The van der Waals surface area contributed by atoms with E-state index in [2.05, 4.69) is 25.4 Å². The van der Waals surface area contributed by atoms with Gasteiger partial charge in [0.2, 0.25) is 0 Å². The number of rotatable bonds is 6. The first-order valence-corrected chi connectivity index (χ1v) is 12.7. The molecule has 0 radical (unpaired) electrons. The van der Waals surface area contributed by atoms with E-state index >= 15 is 0 Å². The Morgan fingerprint density at radius 2 is 1.82 bits per heavy atom. The highest BCUT2D eigenvalue weighted by Gasteiger charge is 2.33. The second kappa shape index (κ2) is 9.16. The molecule has 2 N–H and O–H groups in total. The van der Waals surface area contributed by atoms with Crippen LogP contribution >= 0.6 is 34.8 Å². The van der Waals surface area contributed by atoms with Gasteiger partial charge >= 0.3 is 0 Å². The summed E-state index contributed by atoms with van der Waals surface area (Å²) in [5, 5.41) is 9.54. The number of hydrazone groups is 1. The van der Waals surface area contributed by atoms with E-state index in [9.17, 15) is 8.42 Å². The average molecular weight is 537 g/mol. The molecule has 34 heavy (non-hydrogen) atoms. The van der Waals surface area contributed by atoms with Gasteiger partial charge in [-0.1, -0.05) is 58.2 Å². The lowest BCUT2D eigenvalue weighted by molar-refractivity contribution is 0.456. The quantitative estimate of drug-likeness (QED) is 0.346. The first-order chi connectivity index (χ1) is 16.3. The Morgan fingerprint density at radius 1 is 1.06 bits per heavy atom. The summed E-state index contributed by atoms with van der Waals surface area (Å²) in [4.78, 5) is 4.06. The molecule has 2 unspecified atom stereocenters. The Hall–Kier alpha value is -2.69. The zero-order valence-electron chi connectivity index (χ0n) is 17.2. The first-order valence-electron chi connectivity index (χ1n) is 10.1. The van der Waals surface area contributed by atoms with Crippen molar-refractivity contribution in [1.82, 2.24) is 20.3 Å². The van der Waals surface area contributed by atoms with E-state index in [-0.39, 0.29) is 16.5 Å². The molecule has 1 aliphatic rings. The van der Waals surface area contributed by atoms with Crippen molar-refractivity contribution in [2.75, 3.05) is 0 Å². The van der Waals surface area contributed by atoms with Crippen molar-refractivity contribution in [2.45, 2.75) is 23.5 Å². The molecule has 0 bridgehead atoms. The molecule has 3 heterocycles. The van der Waals surface area contributed by atoms with E-state index in [1.54, 1.807) is 30.3 Å². The molecule has 0 aliphatic carbocycles. The number of halogens is 3. The predicted molar refractivity (Wildman–Crippen MR) is 131 cm³/mol. The summed E-state index contributed by atoms with van der Waals surface area (Å²) in [6, 6.07) is 12.7. The van der Waals surface area contributed by atoms with Gasteiger partial charge in [-0.2, -0.15) is 9.82 Å². The van der Waals surface area contributed by atoms with Crippen LogP contribution in [0.15, 0.2) is 75.6 Å². The van der Waals surface area contributed by atoms with Gasteiger partial charge in [0.05, 0.1) is 29.4 Å². The Bertz CT molecular complexity index is 1510. The normalized spacial score (nSPS) is 16.9. The fourth-order valence-electron chi connectivity index (χ4n) is 3.77. The van der Waals surface area contributed by atoms with Gasteiger partial charge in [-0.25, -0.2) is 13.4 Å². The summed E-state index contributed by atoms with van der Waals surface area (Å²) < 4.78 is 34.7. The second-order valence-electron chi connectivity index (χ2n) is 7.61. The van der Waals surface area contributed by atoms with Crippen LogP contribution in [0.5, 0.6) is 0 Å². The lowest BCUT2D eigenvalue weighted by atomic mass is 9.96. The molecule has 1 aliphatic heterocycles. The molecule has 2 aromatic carbocycles. The van der Waals surface area contributed by atoms with Gasteiger partial charge in [0.25, 0.3) is 10.0 Å². The topological polar surface area (TPSA) is 109 Å². The third kappa shape index (κ3) is 4.49. The summed E-state index contributed by atoms with van der Waals surface area (Å²) in [6.07, 6.45) is 3.09. The smallest absolute Gasteiger partial charge is 0.259 e. The molecule has 174 valence electrons. The molecular weight excluding hydrogens is 521 g/mol. The van der Waals surface area contributed by atoms with Crippen LogP contribution in [0.2, 0.25) is 15.1 Å². The number of nitrogens with zero attached hydrogens (tertiary/aromatic N) is 3. The van der Waals surface area contributed by atoms with Gasteiger partial charge in [-0.05, 0) is 35.4 Å². The Morgan fingerprint density at radius 3 is 2.59 bits per heavy atom. The lowest BCUT2D eigenvalue weighted by Gasteiger charge is -2.21. The molecule has 4 aromatic rings. The van der Waals surface area contributed by atoms with Crippen molar-refractivity contribution in [3.05, 3.63) is 87.1 Å². The Labute approximate surface area is 210 Å². The molecule has 0 fully saturated rings. The van der Waals surface area contributed by atoms with E-state index in [0.29, 0.717) is 38.3 Å². The first kappa shape index (κ1) is 23.1. The zero-order chi connectivity index (χ0) is 23.9. The molecule has 0 saturated heterocycles. The van der Waals surface area contributed by atoms with Crippen molar-refractivity contribution < 1.29 is 12.9 Å². The zero-order valence-corrected chi connectivity index (χ0v) is 20.3. The van der Waals surface area contributed by atoms with Gasteiger partial charge in [0.15, 0.2) is 10.6 Å². The standard InChI is InChI=1S/C22H16Cl3N5O3S/c23-13-3-1-12(2-4-13)18-10-19(29-28-18)21(15-6-5-14(24)9-17(15)25)30-34(31,32)22-16-11-27-33-20(16)7-8-26-22/h1-9,11,18,21,28,30H,10H2. The van der Waals surface area contributed by atoms with Crippen molar-refractivity contribution in [1.29, 1.82) is 0 Å². The Kier molecular flexibility index (Phi) is 6.22. The van der Waals surface area contributed by atoms with Crippen LogP contribution in [0.1, 0.15) is 29.6 Å². The monoisotopic (exact) mass is 535 g/mol. The lowest BCUT2D eigenvalue weighted by Crippen LogP contribution is -2.34. The summed E-state index contributed by atoms with van der Waals surface area (Å²) in [5.74, 6) is 0. The van der Waals surface area contributed by atoms with Crippen LogP contribution < -0.4 is 10.1 Å². The van der Waals surface area contributed by atoms with Crippen LogP contribution in [0.4, 0.5) is 0 Å². The molecule has 2 atom stereocenters. The Balaban J connectivity index is 1.52. The molecule has 2 aromatic heterocycles. The van der Waals surface area contributed by atoms with E-state index in [1.165, 1.54) is 18.5 Å². The number of benzene rings is 2. The average Bonchev–Trinajstić information content (AvgIpc) is 3.48. The number of pyridine rings is 1. The van der Waals surface area contributed by atoms with Crippen molar-refractivity contribution in [2.24, 2.45) is 5.10 Å². The fourth-order valence-corrected chi connectivity index (χ4v) is 5.75. The molecular formula is C22H16Cl3N5O3S. The molecule has 0 amide bonds. The minimum absolute atomic E-state index is 0.162. The summed E-state index contributed by atoms with van der Waals surface area (Å²) in [7, 11) is -4.13. The number of fused-ring (bicyclic) bond motifs is 1. The van der Waals surface area contributed by atoms with Crippen molar-refractivity contribution >= 4 is 61.5 Å². The largest absolute Gasteiger partial charge is 0.356 e. The summed E-state index contributed by atoms with van der Waals surface area (Å²) in [5.41, 5.74) is 5.39. The van der Waals surface area contributed by atoms with Crippen LogP contribution in [-0.2, 0) is 10.0 Å². The predicted octanol–water partition coefficient (Wildman–Crippen LogP) is 5.29. The second-order valence-corrected chi connectivity index (χ2v) is 10.5. The number of aromatic nitrogens is 2. The fraction of sp³-hybridized carbons (Fsp3) is 0.136. The summed E-state index contributed by atoms with van der Waals surface area (Å²) in [6.45, 7) is 0. The van der Waals surface area contributed by atoms with Crippen LogP contribution in [0.25, 0.3) is 11.0 Å². The maximum absolute atomic E-state index is 13.4. The van der Waals surface area contributed by atoms with E-state index in [4.69, 9.17) is 39.3 Å². The molecule has 8 nitrogen and oxygen atoms in total. The third-order valence-electron chi connectivity index (χ3n) is 5.43. The maximum Gasteiger partial charge on any atom is 0.259 e. The number of nitrogens with one attached hydrogen (secondary N) is 2. The van der Waals surface area contributed by atoms with Gasteiger partial charge in [-0.3, -0.25) is 0 Å². The van der Waals surface area contributed by atoms with Crippen molar-refractivity contribution in [3.8, 4) is 0 Å². The summed E-state index contributed by atoms with van der Waals surface area (Å²) >= 11 is 18.6. The SMILES string of the molecule is O=S(=O)(NC(C1=NNC(c2ccc(Cl)cc2)C1)c1ccc(Cl)cc1Cl)c1nccc2oncc12. The minimum Gasteiger partial charge on any atom is -0.356 e. The maximum atomic E-state index is 13.4. The van der Waals surface area contributed by atoms with E-state index < -0.39 is 16.1 Å². The van der Waals surface area contributed by atoms with Gasteiger partial charge in [0, 0.05) is 33.8 Å². The van der Waals surface area contributed by atoms with Gasteiger partial charge in [-0.15, -0.1) is 0 Å². The highest BCUT2D eigenvalue weighted by Crippen LogP contribution is 2.34. The highest BCUT2D eigenvalue weighted by molar-refractivity contribution is 7.89. The molecule has 0 saturated carbocycles. The van der Waals surface area contributed by atoms with Crippen LogP contribution in [0.3, 0.4) is 0 Å². The van der Waals surface area contributed by atoms with Crippen LogP contribution in [0, 0.1) is 0 Å². The van der Waals surface area contributed by atoms with Gasteiger partial charge in [0.1, 0.15) is 0 Å². The van der Waals surface area contributed by atoms with E-state index in [1.807, 2.05) is 12.1 Å². The molecule has 12 heteroatoms.